The van der Waals surface area contributed by atoms with Gasteiger partial charge in [0.15, 0.2) is 0 Å². The van der Waals surface area contributed by atoms with E-state index in [4.69, 9.17) is 0 Å². The van der Waals surface area contributed by atoms with Crippen LogP contribution in [0.3, 0.4) is 0 Å². The van der Waals surface area contributed by atoms with E-state index in [1.54, 1.807) is 24.3 Å². The summed E-state index contributed by atoms with van der Waals surface area (Å²) in [6, 6.07) is 7.72. The van der Waals surface area contributed by atoms with Crippen molar-refractivity contribution in [3.05, 3.63) is 30.3 Å². The van der Waals surface area contributed by atoms with Crippen LogP contribution in [-0.2, 0) is 9.59 Å². The molecule has 0 bridgehead atoms. The first-order valence-electron chi connectivity index (χ1n) is 9.18. The van der Waals surface area contributed by atoms with Gasteiger partial charge >= 0.3 is 6.03 Å². The molecule has 3 rings (SSSR count). The average molecular weight is 358 g/mol. The molecule has 0 radical (unpaired) electrons. The Balaban J connectivity index is 1.65. The standard InChI is InChI=1S/C19H26N4O3/c1-3-22(14-9-11-21(2)12-10-14)17(24)13-16-18(25)23(19(26)20-16)15-7-5-4-6-8-15/h4-8,14,16H,3,9-13H2,1-2H3,(H,20,26)/t16-/m1/s1. The van der Waals surface area contributed by atoms with Crippen LogP contribution >= 0.6 is 0 Å². The lowest BCUT2D eigenvalue weighted by molar-refractivity contribution is -0.136. The molecule has 0 unspecified atom stereocenters. The maximum Gasteiger partial charge on any atom is 0.329 e. The molecule has 0 saturated carbocycles. The Morgan fingerprint density at radius 1 is 1.19 bits per heavy atom. The number of carbonyl (C=O) groups is 3. The van der Waals surface area contributed by atoms with Gasteiger partial charge in [-0.05, 0) is 52.0 Å². The first kappa shape index (κ1) is 18.4. The van der Waals surface area contributed by atoms with Gasteiger partial charge in [0.2, 0.25) is 5.91 Å². The second kappa shape index (κ2) is 7.86. The first-order valence-corrected chi connectivity index (χ1v) is 9.18. The third kappa shape index (κ3) is 3.72. The smallest absolute Gasteiger partial charge is 0.329 e. The second-order valence-corrected chi connectivity index (χ2v) is 6.93. The fraction of sp³-hybridized carbons (Fsp3) is 0.526. The number of para-hydroxylation sites is 1. The summed E-state index contributed by atoms with van der Waals surface area (Å²) in [5.74, 6) is -0.440. The quantitative estimate of drug-likeness (QED) is 0.809. The van der Waals surface area contributed by atoms with Gasteiger partial charge < -0.3 is 15.1 Å². The molecule has 1 aromatic carbocycles. The van der Waals surface area contributed by atoms with Crippen molar-refractivity contribution in [3.63, 3.8) is 0 Å². The number of anilines is 1. The molecule has 2 fully saturated rings. The van der Waals surface area contributed by atoms with E-state index in [-0.39, 0.29) is 24.3 Å². The number of piperidine rings is 1. The molecule has 2 heterocycles. The Hall–Kier alpha value is -2.41. The molecule has 1 N–H and O–H groups in total. The molecule has 7 nitrogen and oxygen atoms in total. The van der Waals surface area contributed by atoms with E-state index >= 15 is 0 Å². The lowest BCUT2D eigenvalue weighted by Crippen LogP contribution is -2.48. The van der Waals surface area contributed by atoms with Crippen LogP contribution < -0.4 is 10.2 Å². The number of urea groups is 1. The van der Waals surface area contributed by atoms with Gasteiger partial charge in [0.25, 0.3) is 5.91 Å². The Morgan fingerprint density at radius 2 is 1.85 bits per heavy atom. The zero-order chi connectivity index (χ0) is 18.7. The molecule has 2 aliphatic heterocycles. The van der Waals surface area contributed by atoms with E-state index < -0.39 is 12.1 Å². The Morgan fingerprint density at radius 3 is 2.46 bits per heavy atom. The van der Waals surface area contributed by atoms with Crippen LogP contribution in [0.15, 0.2) is 30.3 Å². The van der Waals surface area contributed by atoms with Crippen molar-refractivity contribution in [1.29, 1.82) is 0 Å². The molecule has 1 aromatic rings. The summed E-state index contributed by atoms with van der Waals surface area (Å²) in [5, 5.41) is 2.65. The van der Waals surface area contributed by atoms with E-state index in [0.717, 1.165) is 30.8 Å². The zero-order valence-corrected chi connectivity index (χ0v) is 15.4. The monoisotopic (exact) mass is 358 g/mol. The molecule has 7 heteroatoms. The summed E-state index contributed by atoms with van der Waals surface area (Å²) in [6.07, 6.45) is 1.89. The normalized spacial score (nSPS) is 21.8. The fourth-order valence-electron chi connectivity index (χ4n) is 3.73. The number of nitrogens with zero attached hydrogens (tertiary/aromatic N) is 3. The molecule has 1 atom stereocenters. The number of benzene rings is 1. The average Bonchev–Trinajstić information content (AvgIpc) is 2.91. The highest BCUT2D eigenvalue weighted by atomic mass is 16.2. The van der Waals surface area contributed by atoms with E-state index in [9.17, 15) is 14.4 Å². The summed E-state index contributed by atoms with van der Waals surface area (Å²) >= 11 is 0. The van der Waals surface area contributed by atoms with Gasteiger partial charge in [0.1, 0.15) is 6.04 Å². The molecule has 0 aromatic heterocycles. The van der Waals surface area contributed by atoms with Gasteiger partial charge in [-0.25, -0.2) is 9.69 Å². The lowest BCUT2D eigenvalue weighted by Gasteiger charge is -2.37. The minimum atomic E-state index is -0.796. The van der Waals surface area contributed by atoms with Crippen LogP contribution in [0, 0.1) is 0 Å². The Kier molecular flexibility index (Phi) is 5.56. The Labute approximate surface area is 153 Å². The van der Waals surface area contributed by atoms with Crippen LogP contribution in [0.1, 0.15) is 26.2 Å². The summed E-state index contributed by atoms with van der Waals surface area (Å²) in [7, 11) is 2.08. The maximum atomic E-state index is 12.8. The number of rotatable bonds is 5. The van der Waals surface area contributed by atoms with Crippen molar-refractivity contribution >= 4 is 23.5 Å². The van der Waals surface area contributed by atoms with Crippen LogP contribution in [0.2, 0.25) is 0 Å². The number of hydrogen-bond donors (Lipinski definition) is 1. The van der Waals surface area contributed by atoms with Crippen molar-refractivity contribution in [2.24, 2.45) is 0 Å². The predicted octanol–water partition coefficient (Wildman–Crippen LogP) is 1.44. The van der Waals surface area contributed by atoms with Crippen LogP contribution in [0.5, 0.6) is 0 Å². The highest BCUT2D eigenvalue weighted by molar-refractivity contribution is 6.22. The molecule has 2 saturated heterocycles. The predicted molar refractivity (Wildman–Crippen MR) is 98.8 cm³/mol. The third-order valence-electron chi connectivity index (χ3n) is 5.20. The van der Waals surface area contributed by atoms with Crippen LogP contribution in [0.25, 0.3) is 0 Å². The fourth-order valence-corrected chi connectivity index (χ4v) is 3.73. The van der Waals surface area contributed by atoms with Crippen LogP contribution in [-0.4, -0.2) is 66.4 Å². The number of carbonyl (C=O) groups excluding carboxylic acids is 3. The number of hydrogen-bond acceptors (Lipinski definition) is 4. The van der Waals surface area contributed by atoms with Gasteiger partial charge in [-0.2, -0.15) is 0 Å². The lowest BCUT2D eigenvalue weighted by atomic mass is 10.0. The molecular weight excluding hydrogens is 332 g/mol. The summed E-state index contributed by atoms with van der Waals surface area (Å²) in [5.41, 5.74) is 0.521. The van der Waals surface area contributed by atoms with Crippen molar-refractivity contribution < 1.29 is 14.4 Å². The van der Waals surface area contributed by atoms with Gasteiger partial charge in [-0.3, -0.25) is 9.59 Å². The van der Waals surface area contributed by atoms with Crippen molar-refractivity contribution in [1.82, 2.24) is 15.1 Å². The van der Waals surface area contributed by atoms with E-state index in [1.807, 2.05) is 17.9 Å². The highest BCUT2D eigenvalue weighted by Crippen LogP contribution is 2.22. The summed E-state index contributed by atoms with van der Waals surface area (Å²) in [6.45, 7) is 4.51. The first-order chi connectivity index (χ1) is 12.5. The van der Waals surface area contributed by atoms with Gasteiger partial charge in [-0.1, -0.05) is 18.2 Å². The molecule has 4 amide bonds. The van der Waals surface area contributed by atoms with E-state index in [1.165, 1.54) is 0 Å². The van der Waals surface area contributed by atoms with E-state index in [2.05, 4.69) is 17.3 Å². The molecule has 0 spiro atoms. The minimum absolute atomic E-state index is 0.00802. The summed E-state index contributed by atoms with van der Waals surface area (Å²) < 4.78 is 0. The van der Waals surface area contributed by atoms with Gasteiger partial charge in [0.05, 0.1) is 12.1 Å². The number of imide groups is 1. The molecule has 2 aliphatic rings. The number of amides is 4. The van der Waals surface area contributed by atoms with Crippen LogP contribution in [0.4, 0.5) is 10.5 Å². The SMILES string of the molecule is CCN(C(=O)C[C@H]1NC(=O)N(c2ccccc2)C1=O)C1CCN(C)CC1. The molecule has 140 valence electrons. The maximum absolute atomic E-state index is 12.8. The van der Waals surface area contributed by atoms with Crippen molar-refractivity contribution in [2.75, 3.05) is 31.6 Å². The highest BCUT2D eigenvalue weighted by Gasteiger charge is 2.41. The molecule has 26 heavy (non-hydrogen) atoms. The largest absolute Gasteiger partial charge is 0.340 e. The number of nitrogens with one attached hydrogen (secondary N) is 1. The Bertz CT molecular complexity index is 671. The topological polar surface area (TPSA) is 73.0 Å². The number of likely N-dealkylation sites (tertiary alicyclic amines) is 1. The zero-order valence-electron chi connectivity index (χ0n) is 15.4. The minimum Gasteiger partial charge on any atom is -0.340 e. The van der Waals surface area contributed by atoms with Crippen molar-refractivity contribution in [2.45, 2.75) is 38.3 Å². The molecular formula is C19H26N4O3. The van der Waals surface area contributed by atoms with E-state index in [0.29, 0.717) is 12.2 Å². The van der Waals surface area contributed by atoms with Crippen molar-refractivity contribution in [3.8, 4) is 0 Å². The third-order valence-corrected chi connectivity index (χ3v) is 5.20. The van der Waals surface area contributed by atoms with Gasteiger partial charge in [0, 0.05) is 12.6 Å². The molecule has 0 aliphatic carbocycles. The van der Waals surface area contributed by atoms with Gasteiger partial charge in [-0.15, -0.1) is 0 Å². The second-order valence-electron chi connectivity index (χ2n) is 6.93. The summed E-state index contributed by atoms with van der Waals surface area (Å²) in [4.78, 5) is 42.9.